The van der Waals surface area contributed by atoms with E-state index in [9.17, 15) is 5.11 Å². The number of phenols is 1. The van der Waals surface area contributed by atoms with E-state index in [-0.39, 0.29) is 5.75 Å². The third kappa shape index (κ3) is 1.73. The lowest BCUT2D eigenvalue weighted by atomic mass is 10.1. The maximum absolute atomic E-state index is 9.94. The highest BCUT2D eigenvalue weighted by Crippen LogP contribution is 2.25. The zero-order chi connectivity index (χ0) is 11.7. The zero-order valence-corrected chi connectivity index (χ0v) is 9.22. The fraction of sp³-hybridized carbons (Fsp3) is 0.333. The first-order valence-electron chi connectivity index (χ1n) is 5.53. The average Bonchev–Trinajstić information content (AvgIpc) is 3.02. The minimum absolute atomic E-state index is 0.140. The summed E-state index contributed by atoms with van der Waals surface area (Å²) < 4.78 is 10.8. The van der Waals surface area contributed by atoms with E-state index in [1.54, 1.807) is 12.1 Å². The van der Waals surface area contributed by atoms with Crippen molar-refractivity contribution in [3.05, 3.63) is 29.3 Å². The molecule has 0 radical (unpaired) electrons. The van der Waals surface area contributed by atoms with Crippen LogP contribution in [-0.2, 0) is 9.47 Å². The van der Waals surface area contributed by atoms with Gasteiger partial charge in [-0.1, -0.05) is 6.07 Å². The van der Waals surface area contributed by atoms with Crippen LogP contribution in [-0.4, -0.2) is 43.2 Å². The number of hydrogen-bond donors (Lipinski definition) is 1. The topological polar surface area (TPSA) is 63.4 Å². The molecule has 3 rings (SSSR count). The van der Waals surface area contributed by atoms with Crippen LogP contribution in [0.5, 0.6) is 5.75 Å². The molecule has 1 N–H and O–H groups in total. The van der Waals surface area contributed by atoms with Crippen LogP contribution >= 0.6 is 0 Å². The van der Waals surface area contributed by atoms with E-state index >= 15 is 0 Å². The fourth-order valence-corrected chi connectivity index (χ4v) is 1.93. The van der Waals surface area contributed by atoms with Gasteiger partial charge in [0.25, 0.3) is 0 Å². The van der Waals surface area contributed by atoms with E-state index in [1.807, 2.05) is 6.07 Å². The molecule has 0 spiro atoms. The minimum Gasteiger partial charge on any atom is -0.507 e. The summed E-state index contributed by atoms with van der Waals surface area (Å²) in [6.07, 6.45) is 0. The number of phenolic OH excluding ortho intramolecular Hbond substituents is 1. The molecular weight excluding hydrogens is 220 g/mol. The maximum Gasteiger partial charge on any atom is 0.220 e. The summed E-state index contributed by atoms with van der Waals surface area (Å²) in [5.74, 6) is 1.16. The van der Waals surface area contributed by atoms with Gasteiger partial charge in [-0.3, -0.25) is 0 Å². The molecule has 0 atom stereocenters. The summed E-state index contributed by atoms with van der Waals surface area (Å²) in [4.78, 5) is 8.47. The lowest BCUT2D eigenvalue weighted by molar-refractivity contribution is 0.342. The summed E-state index contributed by atoms with van der Waals surface area (Å²) in [5.41, 5.74) is 1.31. The normalized spacial score (nSPS) is 18.4. The number of aromatic hydroxyl groups is 1. The monoisotopic (exact) mass is 232 g/mol. The van der Waals surface area contributed by atoms with E-state index in [2.05, 4.69) is 9.98 Å². The van der Waals surface area contributed by atoms with Gasteiger partial charge in [0.05, 0.1) is 24.2 Å². The summed E-state index contributed by atoms with van der Waals surface area (Å²) in [6, 6.07) is 5.22. The zero-order valence-electron chi connectivity index (χ0n) is 9.22. The van der Waals surface area contributed by atoms with Crippen LogP contribution in [0.3, 0.4) is 0 Å². The first-order valence-corrected chi connectivity index (χ1v) is 5.53. The highest BCUT2D eigenvalue weighted by Gasteiger charge is 2.23. The Hall–Kier alpha value is -2.04. The Morgan fingerprint density at radius 3 is 2.35 bits per heavy atom. The van der Waals surface area contributed by atoms with Crippen molar-refractivity contribution in [2.24, 2.45) is 9.98 Å². The Labute approximate surface area is 98.4 Å². The molecule has 0 bridgehead atoms. The van der Waals surface area contributed by atoms with Crippen molar-refractivity contribution >= 4 is 11.8 Å². The molecule has 5 nitrogen and oxygen atoms in total. The van der Waals surface area contributed by atoms with Crippen molar-refractivity contribution in [1.29, 1.82) is 0 Å². The molecule has 1 aromatic carbocycles. The quantitative estimate of drug-likeness (QED) is 0.825. The molecule has 0 fully saturated rings. The number of benzene rings is 1. The molecule has 0 aromatic heterocycles. The predicted octanol–water partition coefficient (Wildman–Crippen LogP) is 0.946. The van der Waals surface area contributed by atoms with Crippen molar-refractivity contribution in [3.8, 4) is 5.75 Å². The molecule has 2 aliphatic rings. The van der Waals surface area contributed by atoms with Crippen LogP contribution in [0.1, 0.15) is 11.1 Å². The van der Waals surface area contributed by atoms with E-state index in [0.717, 1.165) is 5.56 Å². The molecule has 0 aliphatic carbocycles. The van der Waals surface area contributed by atoms with Crippen molar-refractivity contribution in [2.45, 2.75) is 0 Å². The predicted molar refractivity (Wildman–Crippen MR) is 62.8 cm³/mol. The second-order valence-corrected chi connectivity index (χ2v) is 3.77. The Morgan fingerprint density at radius 2 is 1.71 bits per heavy atom. The number of aliphatic imine (C=N–C) groups is 2. The van der Waals surface area contributed by atoms with Crippen molar-refractivity contribution in [2.75, 3.05) is 26.3 Å². The van der Waals surface area contributed by atoms with Crippen molar-refractivity contribution < 1.29 is 14.6 Å². The van der Waals surface area contributed by atoms with Gasteiger partial charge in [0.1, 0.15) is 19.0 Å². The lowest BCUT2D eigenvalue weighted by Crippen LogP contribution is -2.11. The summed E-state index contributed by atoms with van der Waals surface area (Å²) in [5, 5.41) is 9.94. The highest BCUT2D eigenvalue weighted by molar-refractivity contribution is 6.09. The van der Waals surface area contributed by atoms with Crippen LogP contribution in [0.2, 0.25) is 0 Å². The van der Waals surface area contributed by atoms with Crippen LogP contribution < -0.4 is 0 Å². The number of rotatable bonds is 2. The largest absolute Gasteiger partial charge is 0.507 e. The van der Waals surface area contributed by atoms with Crippen molar-refractivity contribution in [3.63, 3.8) is 0 Å². The summed E-state index contributed by atoms with van der Waals surface area (Å²) in [6.45, 7) is 2.41. The highest BCUT2D eigenvalue weighted by atomic mass is 16.5. The standard InChI is InChI=1S/C12H12N2O3/c15-9-3-1-2-8(11-13-4-6-16-11)10(9)12-14-5-7-17-12/h1-3,15H,4-7H2. The molecule has 5 heteroatoms. The average molecular weight is 232 g/mol. The Bertz CT molecular complexity index is 508. The molecule has 0 unspecified atom stereocenters. The van der Waals surface area contributed by atoms with Gasteiger partial charge < -0.3 is 14.6 Å². The molecular formula is C12H12N2O3. The Balaban J connectivity index is 2.11. The third-order valence-electron chi connectivity index (χ3n) is 2.66. The fourth-order valence-electron chi connectivity index (χ4n) is 1.93. The summed E-state index contributed by atoms with van der Waals surface area (Å²) >= 11 is 0. The van der Waals surface area contributed by atoms with Crippen LogP contribution in [0.4, 0.5) is 0 Å². The molecule has 0 amide bonds. The van der Waals surface area contributed by atoms with E-state index in [4.69, 9.17) is 9.47 Å². The van der Waals surface area contributed by atoms with Crippen LogP contribution in [0.15, 0.2) is 28.2 Å². The first kappa shape index (κ1) is 10.1. The molecule has 1 aromatic rings. The van der Waals surface area contributed by atoms with E-state index in [0.29, 0.717) is 43.7 Å². The number of nitrogens with zero attached hydrogens (tertiary/aromatic N) is 2. The lowest BCUT2D eigenvalue weighted by Gasteiger charge is -2.10. The number of ether oxygens (including phenoxy) is 2. The van der Waals surface area contributed by atoms with Crippen molar-refractivity contribution in [1.82, 2.24) is 0 Å². The van der Waals surface area contributed by atoms with Gasteiger partial charge in [-0.2, -0.15) is 0 Å². The SMILES string of the molecule is Oc1cccc(C2=NCCO2)c1C1=NCCO1. The first-order chi connectivity index (χ1) is 8.36. The smallest absolute Gasteiger partial charge is 0.220 e. The Kier molecular flexibility index (Phi) is 2.44. The van der Waals surface area contributed by atoms with Gasteiger partial charge in [0.15, 0.2) is 0 Å². The molecule has 2 heterocycles. The van der Waals surface area contributed by atoms with Crippen LogP contribution in [0.25, 0.3) is 0 Å². The third-order valence-corrected chi connectivity index (χ3v) is 2.66. The Morgan fingerprint density at radius 1 is 1.00 bits per heavy atom. The second-order valence-electron chi connectivity index (χ2n) is 3.77. The van der Waals surface area contributed by atoms with E-state index in [1.165, 1.54) is 0 Å². The molecule has 17 heavy (non-hydrogen) atoms. The molecule has 2 aliphatic heterocycles. The summed E-state index contributed by atoms with van der Waals surface area (Å²) in [7, 11) is 0. The second kappa shape index (κ2) is 4.08. The van der Waals surface area contributed by atoms with Gasteiger partial charge in [0, 0.05) is 0 Å². The van der Waals surface area contributed by atoms with Gasteiger partial charge in [0.2, 0.25) is 11.8 Å². The molecule has 0 saturated heterocycles. The maximum atomic E-state index is 9.94. The van der Waals surface area contributed by atoms with Gasteiger partial charge >= 0.3 is 0 Å². The molecule has 88 valence electrons. The number of hydrogen-bond acceptors (Lipinski definition) is 5. The van der Waals surface area contributed by atoms with Crippen LogP contribution in [0, 0.1) is 0 Å². The van der Waals surface area contributed by atoms with Gasteiger partial charge in [-0.25, -0.2) is 9.98 Å². The van der Waals surface area contributed by atoms with Gasteiger partial charge in [-0.05, 0) is 12.1 Å². The van der Waals surface area contributed by atoms with E-state index < -0.39 is 0 Å². The van der Waals surface area contributed by atoms with Gasteiger partial charge in [-0.15, -0.1) is 0 Å². The molecule has 0 saturated carbocycles. The minimum atomic E-state index is 0.140.